The van der Waals surface area contributed by atoms with Crippen LogP contribution in [0.3, 0.4) is 0 Å². The highest BCUT2D eigenvalue weighted by molar-refractivity contribution is 5.93. The fourth-order valence-electron chi connectivity index (χ4n) is 1.66. The van der Waals surface area contributed by atoms with Crippen LogP contribution in [0.25, 0.3) is 0 Å². The van der Waals surface area contributed by atoms with E-state index >= 15 is 0 Å². The Balaban J connectivity index is 1.69. The highest BCUT2D eigenvalue weighted by atomic mass is 16.2. The van der Waals surface area contributed by atoms with E-state index in [1.54, 1.807) is 36.7 Å². The van der Waals surface area contributed by atoms with E-state index in [0.29, 0.717) is 5.69 Å². The van der Waals surface area contributed by atoms with Gasteiger partial charge in [0.1, 0.15) is 0 Å². The molecule has 2 aromatic rings. The predicted molar refractivity (Wildman–Crippen MR) is 84.3 cm³/mol. The summed E-state index contributed by atoms with van der Waals surface area (Å²) in [5.74, 6) is -0.520. The summed E-state index contributed by atoms with van der Waals surface area (Å²) in [6.45, 7) is 0. The second-order valence-electron chi connectivity index (χ2n) is 4.49. The minimum Gasteiger partial charge on any atom is -0.326 e. The van der Waals surface area contributed by atoms with Crippen molar-refractivity contribution in [2.75, 3.05) is 5.32 Å². The second-order valence-corrected chi connectivity index (χ2v) is 4.49. The molecule has 0 aliphatic rings. The third-order valence-corrected chi connectivity index (χ3v) is 2.75. The lowest BCUT2D eigenvalue weighted by Crippen LogP contribution is -2.20. The van der Waals surface area contributed by atoms with Crippen LogP contribution in [0.4, 0.5) is 5.69 Å². The molecule has 0 atom stereocenters. The van der Waals surface area contributed by atoms with E-state index in [0.717, 1.165) is 5.56 Å². The van der Waals surface area contributed by atoms with Crippen LogP contribution in [-0.4, -0.2) is 23.0 Å². The molecule has 6 heteroatoms. The summed E-state index contributed by atoms with van der Waals surface area (Å²) in [6, 6.07) is 12.6. The number of benzene rings is 1. The Labute approximate surface area is 128 Å². The molecular weight excluding hydrogens is 280 g/mol. The molecule has 0 saturated carbocycles. The standard InChI is InChI=1S/C16H16N4O2/c21-15(19-14-4-2-1-3-5-14)6-7-16(22)20-18-12-13-8-10-17-11-9-13/h1-5,8-12H,6-7H2,(H,19,21)(H,20,22). The quantitative estimate of drug-likeness (QED) is 0.631. The predicted octanol–water partition coefficient (Wildman–Crippen LogP) is 1.95. The Morgan fingerprint density at radius 1 is 1.00 bits per heavy atom. The molecule has 2 rings (SSSR count). The molecule has 0 fully saturated rings. The molecule has 22 heavy (non-hydrogen) atoms. The summed E-state index contributed by atoms with van der Waals surface area (Å²) in [5.41, 5.74) is 3.92. The average Bonchev–Trinajstić information content (AvgIpc) is 2.55. The molecule has 1 aromatic carbocycles. The van der Waals surface area contributed by atoms with Gasteiger partial charge >= 0.3 is 0 Å². The van der Waals surface area contributed by atoms with Gasteiger partial charge in [0.2, 0.25) is 11.8 Å². The number of pyridine rings is 1. The number of para-hydroxylation sites is 1. The normalized spacial score (nSPS) is 10.4. The molecule has 2 N–H and O–H groups in total. The van der Waals surface area contributed by atoms with Crippen molar-refractivity contribution in [2.24, 2.45) is 5.10 Å². The van der Waals surface area contributed by atoms with Gasteiger partial charge in [-0.3, -0.25) is 14.6 Å². The lowest BCUT2D eigenvalue weighted by atomic mass is 10.2. The molecule has 0 spiro atoms. The largest absolute Gasteiger partial charge is 0.326 e. The van der Waals surface area contributed by atoms with Crippen molar-refractivity contribution in [1.82, 2.24) is 10.4 Å². The van der Waals surface area contributed by atoms with Crippen molar-refractivity contribution >= 4 is 23.7 Å². The van der Waals surface area contributed by atoms with Crippen LogP contribution < -0.4 is 10.7 Å². The summed E-state index contributed by atoms with van der Waals surface area (Å²) in [6.07, 6.45) is 4.97. The fraction of sp³-hybridized carbons (Fsp3) is 0.125. The van der Waals surface area contributed by atoms with E-state index in [4.69, 9.17) is 0 Å². The first-order valence-corrected chi connectivity index (χ1v) is 6.81. The molecule has 1 heterocycles. The monoisotopic (exact) mass is 296 g/mol. The van der Waals surface area contributed by atoms with Gasteiger partial charge in [0.25, 0.3) is 0 Å². The van der Waals surface area contributed by atoms with Crippen LogP contribution in [0.15, 0.2) is 60.0 Å². The number of hydrazone groups is 1. The van der Waals surface area contributed by atoms with Crippen LogP contribution >= 0.6 is 0 Å². The molecule has 1 aromatic heterocycles. The molecule has 0 radical (unpaired) electrons. The lowest BCUT2D eigenvalue weighted by molar-refractivity contribution is -0.124. The maximum absolute atomic E-state index is 11.7. The molecule has 6 nitrogen and oxygen atoms in total. The van der Waals surface area contributed by atoms with Crippen molar-refractivity contribution in [3.8, 4) is 0 Å². The van der Waals surface area contributed by atoms with E-state index in [1.165, 1.54) is 6.21 Å². The molecule has 0 aliphatic heterocycles. The summed E-state index contributed by atoms with van der Waals surface area (Å²) in [4.78, 5) is 27.1. The van der Waals surface area contributed by atoms with E-state index in [2.05, 4.69) is 20.8 Å². The number of hydrogen-bond acceptors (Lipinski definition) is 4. The molecule has 0 bridgehead atoms. The van der Waals surface area contributed by atoms with Crippen LogP contribution in [0.5, 0.6) is 0 Å². The highest BCUT2D eigenvalue weighted by Crippen LogP contribution is 2.05. The third-order valence-electron chi connectivity index (χ3n) is 2.75. The maximum atomic E-state index is 11.7. The Kier molecular flexibility index (Phi) is 5.80. The number of carbonyl (C=O) groups excluding carboxylic acids is 2. The SMILES string of the molecule is O=C(CCC(=O)Nc1ccccc1)NN=Cc1ccncc1. The first-order chi connectivity index (χ1) is 10.7. The Morgan fingerprint density at radius 3 is 2.41 bits per heavy atom. The number of nitrogens with zero attached hydrogens (tertiary/aromatic N) is 2. The average molecular weight is 296 g/mol. The van der Waals surface area contributed by atoms with Gasteiger partial charge < -0.3 is 5.32 Å². The number of hydrogen-bond donors (Lipinski definition) is 2. The lowest BCUT2D eigenvalue weighted by Gasteiger charge is -2.04. The van der Waals surface area contributed by atoms with Gasteiger partial charge in [-0.1, -0.05) is 18.2 Å². The number of nitrogens with one attached hydrogen (secondary N) is 2. The van der Waals surface area contributed by atoms with Gasteiger partial charge in [0, 0.05) is 30.9 Å². The minimum atomic E-state index is -0.312. The van der Waals surface area contributed by atoms with Gasteiger partial charge in [-0.25, -0.2) is 5.43 Å². The Morgan fingerprint density at radius 2 is 1.68 bits per heavy atom. The van der Waals surface area contributed by atoms with Crippen molar-refractivity contribution in [3.05, 3.63) is 60.4 Å². The van der Waals surface area contributed by atoms with Crippen molar-refractivity contribution in [1.29, 1.82) is 0 Å². The van der Waals surface area contributed by atoms with E-state index in [1.807, 2.05) is 18.2 Å². The van der Waals surface area contributed by atoms with Crippen LogP contribution in [0.2, 0.25) is 0 Å². The number of anilines is 1. The number of amides is 2. The van der Waals surface area contributed by atoms with Crippen molar-refractivity contribution in [2.45, 2.75) is 12.8 Å². The first-order valence-electron chi connectivity index (χ1n) is 6.81. The summed E-state index contributed by atoms with van der Waals surface area (Å²) in [7, 11) is 0. The zero-order valence-electron chi connectivity index (χ0n) is 11.9. The molecule has 112 valence electrons. The second kappa shape index (κ2) is 8.31. The molecular formula is C16H16N4O2. The summed E-state index contributed by atoms with van der Waals surface area (Å²) >= 11 is 0. The maximum Gasteiger partial charge on any atom is 0.240 e. The van der Waals surface area contributed by atoms with Gasteiger partial charge in [0.15, 0.2) is 0 Å². The van der Waals surface area contributed by atoms with Crippen molar-refractivity contribution < 1.29 is 9.59 Å². The number of aromatic nitrogens is 1. The van der Waals surface area contributed by atoms with Crippen LogP contribution in [0, 0.1) is 0 Å². The smallest absolute Gasteiger partial charge is 0.240 e. The number of rotatable bonds is 6. The van der Waals surface area contributed by atoms with E-state index in [-0.39, 0.29) is 24.7 Å². The van der Waals surface area contributed by atoms with Gasteiger partial charge in [0.05, 0.1) is 6.21 Å². The van der Waals surface area contributed by atoms with E-state index in [9.17, 15) is 9.59 Å². The van der Waals surface area contributed by atoms with Gasteiger partial charge in [-0.05, 0) is 29.8 Å². The molecule has 0 saturated heterocycles. The Bertz CT molecular complexity index is 642. The van der Waals surface area contributed by atoms with Crippen LogP contribution in [-0.2, 0) is 9.59 Å². The first kappa shape index (κ1) is 15.4. The zero-order valence-corrected chi connectivity index (χ0v) is 11.9. The molecule has 0 unspecified atom stereocenters. The highest BCUT2D eigenvalue weighted by Gasteiger charge is 2.06. The fourth-order valence-corrected chi connectivity index (χ4v) is 1.66. The van der Waals surface area contributed by atoms with Crippen molar-refractivity contribution in [3.63, 3.8) is 0 Å². The third kappa shape index (κ3) is 5.54. The minimum absolute atomic E-state index is 0.0757. The topological polar surface area (TPSA) is 83.5 Å². The summed E-state index contributed by atoms with van der Waals surface area (Å²) < 4.78 is 0. The van der Waals surface area contributed by atoms with E-state index < -0.39 is 0 Å². The zero-order chi connectivity index (χ0) is 15.6. The van der Waals surface area contributed by atoms with Gasteiger partial charge in [-0.15, -0.1) is 0 Å². The van der Waals surface area contributed by atoms with Crippen LogP contribution in [0.1, 0.15) is 18.4 Å². The summed E-state index contributed by atoms with van der Waals surface area (Å²) in [5, 5.41) is 6.53. The molecule has 0 aliphatic carbocycles. The van der Waals surface area contributed by atoms with Gasteiger partial charge in [-0.2, -0.15) is 5.10 Å². The Hall–Kier alpha value is -3.02. The number of carbonyl (C=O) groups is 2. The molecule has 2 amide bonds.